The van der Waals surface area contributed by atoms with Gasteiger partial charge < -0.3 is 28.4 Å². The van der Waals surface area contributed by atoms with E-state index in [0.717, 1.165) is 34.8 Å². The third-order valence-electron chi connectivity index (χ3n) is 3.62. The van der Waals surface area contributed by atoms with Crippen molar-refractivity contribution >= 4 is 35.6 Å². The zero-order chi connectivity index (χ0) is 24.1. The molecule has 12 heteroatoms. The summed E-state index contributed by atoms with van der Waals surface area (Å²) in [6.07, 6.45) is -6.37. The fourth-order valence-corrected chi connectivity index (χ4v) is 2.51. The molecule has 0 unspecified atom stereocenters. The van der Waals surface area contributed by atoms with Crippen LogP contribution in [0, 0.1) is 0 Å². The molecule has 0 N–H and O–H groups in total. The van der Waals surface area contributed by atoms with Crippen LogP contribution < -0.4 is 0 Å². The number of carbonyl (C=O) groups excluding carboxylic acids is 6. The molecule has 0 saturated carbocycles. The molecule has 0 rings (SSSR count). The second-order valence-electron chi connectivity index (χ2n) is 6.22. The third kappa shape index (κ3) is 11.1. The standard InChI is InChI=1S/C19H28O12/c1-7-27-19(25)14(24)8-15(26-6)17(30-12(4)22)18(31-13(5)23)16(29-11(3)21)9-28-10(2)20/h15-18H,7-9H2,1-6H3/t15-,16-,17-,18-/m1/s1. The lowest BCUT2D eigenvalue weighted by atomic mass is 9.98. The molecule has 0 saturated heterocycles. The van der Waals surface area contributed by atoms with E-state index >= 15 is 0 Å². The molecule has 0 aromatic heterocycles. The maximum Gasteiger partial charge on any atom is 0.374 e. The topological polar surface area (TPSA) is 158 Å². The Balaban J connectivity index is 6.09. The van der Waals surface area contributed by atoms with Crippen molar-refractivity contribution < 1.29 is 57.2 Å². The Morgan fingerprint density at radius 2 is 1.16 bits per heavy atom. The highest BCUT2D eigenvalue weighted by atomic mass is 16.6. The van der Waals surface area contributed by atoms with E-state index in [9.17, 15) is 28.8 Å². The highest BCUT2D eigenvalue weighted by molar-refractivity contribution is 6.33. The van der Waals surface area contributed by atoms with Crippen molar-refractivity contribution in [2.45, 2.75) is 65.5 Å². The minimum absolute atomic E-state index is 0.0391. The van der Waals surface area contributed by atoms with Crippen LogP contribution in [-0.4, -0.2) is 80.4 Å². The van der Waals surface area contributed by atoms with Gasteiger partial charge in [0.1, 0.15) is 12.7 Å². The van der Waals surface area contributed by atoms with Gasteiger partial charge in [0.15, 0.2) is 18.3 Å². The molecule has 0 heterocycles. The molecular weight excluding hydrogens is 420 g/mol. The normalized spacial score (nSPS) is 14.3. The molecule has 31 heavy (non-hydrogen) atoms. The molecule has 0 aromatic carbocycles. The molecule has 0 spiro atoms. The average molecular weight is 448 g/mol. The van der Waals surface area contributed by atoms with Gasteiger partial charge in [0.25, 0.3) is 0 Å². The first-order valence-electron chi connectivity index (χ1n) is 9.30. The molecule has 0 bridgehead atoms. The van der Waals surface area contributed by atoms with Crippen molar-refractivity contribution in [3.63, 3.8) is 0 Å². The van der Waals surface area contributed by atoms with Crippen molar-refractivity contribution in [3.8, 4) is 0 Å². The van der Waals surface area contributed by atoms with Gasteiger partial charge >= 0.3 is 29.8 Å². The van der Waals surface area contributed by atoms with E-state index in [2.05, 4.69) is 4.74 Å². The molecule has 0 aliphatic rings. The third-order valence-corrected chi connectivity index (χ3v) is 3.62. The first-order valence-corrected chi connectivity index (χ1v) is 9.30. The maximum atomic E-state index is 12.1. The van der Waals surface area contributed by atoms with Crippen LogP contribution in [0.1, 0.15) is 41.0 Å². The smallest absolute Gasteiger partial charge is 0.374 e. The zero-order valence-electron chi connectivity index (χ0n) is 18.3. The van der Waals surface area contributed by atoms with Crippen LogP contribution in [0.3, 0.4) is 0 Å². The van der Waals surface area contributed by atoms with E-state index in [-0.39, 0.29) is 6.61 Å². The lowest BCUT2D eigenvalue weighted by Crippen LogP contribution is -2.53. The van der Waals surface area contributed by atoms with Crippen LogP contribution in [0.15, 0.2) is 0 Å². The fraction of sp³-hybridized carbons (Fsp3) is 0.684. The highest BCUT2D eigenvalue weighted by Crippen LogP contribution is 2.21. The summed E-state index contributed by atoms with van der Waals surface area (Å²) in [5, 5.41) is 0. The Kier molecular flexibility index (Phi) is 12.7. The summed E-state index contributed by atoms with van der Waals surface area (Å²) in [5.74, 6) is -5.35. The molecule has 0 radical (unpaired) electrons. The zero-order valence-corrected chi connectivity index (χ0v) is 18.3. The van der Waals surface area contributed by atoms with Crippen LogP contribution in [0.2, 0.25) is 0 Å². The molecule has 0 aliphatic carbocycles. The van der Waals surface area contributed by atoms with E-state index in [1.807, 2.05) is 0 Å². The summed E-state index contributed by atoms with van der Waals surface area (Å²) in [5.41, 5.74) is 0. The van der Waals surface area contributed by atoms with Crippen LogP contribution in [-0.2, 0) is 57.2 Å². The first-order chi connectivity index (χ1) is 14.4. The molecule has 0 aromatic rings. The summed E-state index contributed by atoms with van der Waals surface area (Å²) in [6.45, 7) is 5.17. The van der Waals surface area contributed by atoms with Gasteiger partial charge in [-0.3, -0.25) is 24.0 Å². The Hall–Kier alpha value is -3.02. The summed E-state index contributed by atoms with van der Waals surface area (Å²) < 4.78 is 30.2. The summed E-state index contributed by atoms with van der Waals surface area (Å²) in [6, 6.07) is 0. The van der Waals surface area contributed by atoms with E-state index in [1.165, 1.54) is 6.92 Å². The van der Waals surface area contributed by atoms with Gasteiger partial charge in [-0.05, 0) is 6.92 Å². The molecule has 0 aliphatic heterocycles. The van der Waals surface area contributed by atoms with Gasteiger partial charge in [-0.1, -0.05) is 0 Å². The van der Waals surface area contributed by atoms with Gasteiger partial charge in [0, 0.05) is 41.2 Å². The number of hydrogen-bond donors (Lipinski definition) is 0. The number of ether oxygens (including phenoxy) is 6. The van der Waals surface area contributed by atoms with Crippen LogP contribution in [0.5, 0.6) is 0 Å². The summed E-state index contributed by atoms with van der Waals surface area (Å²) in [4.78, 5) is 70.0. The van der Waals surface area contributed by atoms with E-state index < -0.39 is 73.1 Å². The van der Waals surface area contributed by atoms with E-state index in [4.69, 9.17) is 23.7 Å². The Morgan fingerprint density at radius 3 is 1.55 bits per heavy atom. The minimum atomic E-state index is -1.54. The SMILES string of the molecule is CCOC(=O)C(=O)C[C@@H](OC)[C@@H](OC(C)=O)[C@H](OC(C)=O)[C@@H](COC(C)=O)OC(C)=O. The predicted octanol–water partition coefficient (Wildman–Crippen LogP) is -0.118. The predicted molar refractivity (Wildman–Crippen MR) is 100 cm³/mol. The Bertz CT molecular complexity index is 671. The van der Waals surface area contributed by atoms with Crippen molar-refractivity contribution in [2.24, 2.45) is 0 Å². The molecule has 0 amide bonds. The fourth-order valence-electron chi connectivity index (χ4n) is 2.51. The van der Waals surface area contributed by atoms with Gasteiger partial charge in [-0.15, -0.1) is 0 Å². The first kappa shape index (κ1) is 28.0. The number of hydrogen-bond acceptors (Lipinski definition) is 12. The maximum absolute atomic E-state index is 12.1. The lowest BCUT2D eigenvalue weighted by Gasteiger charge is -2.35. The van der Waals surface area contributed by atoms with Crippen molar-refractivity contribution in [2.75, 3.05) is 20.3 Å². The number of rotatable bonds is 13. The Morgan fingerprint density at radius 1 is 0.677 bits per heavy atom. The molecule has 12 nitrogen and oxygen atoms in total. The summed E-state index contributed by atoms with van der Waals surface area (Å²) >= 11 is 0. The van der Waals surface area contributed by atoms with Gasteiger partial charge in [0.05, 0.1) is 6.61 Å². The van der Waals surface area contributed by atoms with Crippen LogP contribution >= 0.6 is 0 Å². The Labute approximate surface area is 179 Å². The molecule has 176 valence electrons. The second kappa shape index (κ2) is 14.1. The molecule has 4 atom stereocenters. The van der Waals surface area contributed by atoms with E-state index in [0.29, 0.717) is 0 Å². The van der Waals surface area contributed by atoms with Crippen molar-refractivity contribution in [3.05, 3.63) is 0 Å². The number of carbonyl (C=O) groups is 6. The number of esters is 5. The highest BCUT2D eigenvalue weighted by Gasteiger charge is 2.43. The number of Topliss-reactive ketones (excluding diaryl/α,β-unsaturated/α-hetero) is 1. The van der Waals surface area contributed by atoms with Crippen molar-refractivity contribution in [1.29, 1.82) is 0 Å². The van der Waals surface area contributed by atoms with Gasteiger partial charge in [-0.25, -0.2) is 4.79 Å². The largest absolute Gasteiger partial charge is 0.462 e. The van der Waals surface area contributed by atoms with E-state index in [1.54, 1.807) is 0 Å². The lowest BCUT2D eigenvalue weighted by molar-refractivity contribution is -0.200. The minimum Gasteiger partial charge on any atom is -0.462 e. The molecular formula is C19H28O12. The summed E-state index contributed by atoms with van der Waals surface area (Å²) in [7, 11) is 1.16. The van der Waals surface area contributed by atoms with Crippen molar-refractivity contribution in [1.82, 2.24) is 0 Å². The number of methoxy groups -OCH3 is 1. The quantitative estimate of drug-likeness (QED) is 0.209. The second-order valence-corrected chi connectivity index (χ2v) is 6.22. The van der Waals surface area contributed by atoms with Crippen LogP contribution in [0.4, 0.5) is 0 Å². The van der Waals surface area contributed by atoms with Gasteiger partial charge in [0.2, 0.25) is 5.78 Å². The monoisotopic (exact) mass is 448 g/mol. The van der Waals surface area contributed by atoms with Gasteiger partial charge in [-0.2, -0.15) is 0 Å². The van der Waals surface area contributed by atoms with Crippen LogP contribution in [0.25, 0.3) is 0 Å². The molecule has 0 fully saturated rings. The average Bonchev–Trinajstić information content (AvgIpc) is 2.65. The number of ketones is 1.